The van der Waals surface area contributed by atoms with Gasteiger partial charge >= 0.3 is 5.97 Å². The van der Waals surface area contributed by atoms with Gasteiger partial charge in [-0.25, -0.2) is 13.2 Å². The molecule has 1 aliphatic heterocycles. The van der Waals surface area contributed by atoms with E-state index < -0.39 is 22.0 Å². The smallest absolute Gasteiger partial charge is 0.335 e. The van der Waals surface area contributed by atoms with Crippen LogP contribution in [0.5, 0.6) is 5.75 Å². The number of rotatable bonds is 10. The van der Waals surface area contributed by atoms with E-state index in [-0.39, 0.29) is 46.2 Å². The molecule has 11 heteroatoms. The number of benzene rings is 3. The van der Waals surface area contributed by atoms with Crippen molar-refractivity contribution in [2.45, 2.75) is 44.4 Å². The first kappa shape index (κ1) is 31.0. The monoisotopic (exact) mass is 595 g/mol. The topological polar surface area (TPSA) is 136 Å². The molecular weight excluding hydrogens is 558 g/mol. The predicted molar refractivity (Wildman–Crippen MR) is 159 cm³/mol. The molecule has 0 unspecified atom stereocenters. The lowest BCUT2D eigenvalue weighted by Crippen LogP contribution is -2.49. The van der Waals surface area contributed by atoms with Crippen molar-refractivity contribution in [1.29, 1.82) is 0 Å². The summed E-state index contributed by atoms with van der Waals surface area (Å²) in [5, 5.41) is 19.1. The first-order valence-electron chi connectivity index (χ1n) is 13.7. The molecule has 1 amide bonds. The molecule has 4 rings (SSSR count). The van der Waals surface area contributed by atoms with Crippen LogP contribution in [0.25, 0.3) is 0 Å². The Bertz CT molecular complexity index is 1530. The predicted octanol–water partition coefficient (Wildman–Crippen LogP) is 3.85. The number of hydrogen-bond acceptors (Lipinski definition) is 7. The fraction of sp³-hybridized carbons (Fsp3) is 0.355. The van der Waals surface area contributed by atoms with Gasteiger partial charge < -0.3 is 19.8 Å². The zero-order chi connectivity index (χ0) is 30.6. The lowest BCUT2D eigenvalue weighted by Gasteiger charge is -2.38. The maximum absolute atomic E-state index is 13.7. The molecule has 0 radical (unpaired) electrons. The Hall–Kier alpha value is -3.93. The van der Waals surface area contributed by atoms with E-state index in [1.54, 1.807) is 60.4 Å². The molecule has 42 heavy (non-hydrogen) atoms. The normalized spacial score (nSPS) is 18.0. The molecule has 0 fully saturated rings. The highest BCUT2D eigenvalue weighted by molar-refractivity contribution is 7.92. The largest absolute Gasteiger partial charge is 0.488 e. The summed E-state index contributed by atoms with van der Waals surface area (Å²) >= 11 is 0. The first-order chi connectivity index (χ1) is 19.9. The summed E-state index contributed by atoms with van der Waals surface area (Å²) in [6.07, 6.45) is -0.344. The number of fused-ring (bicyclic) bond motifs is 1. The molecule has 3 aromatic rings. The van der Waals surface area contributed by atoms with Crippen LogP contribution in [0.15, 0.2) is 71.6 Å². The molecule has 3 atom stereocenters. The molecule has 3 N–H and O–H groups in total. The molecule has 0 saturated heterocycles. The first-order valence-corrected chi connectivity index (χ1v) is 15.2. The number of carbonyl (C=O) groups excluding carboxylic acids is 1. The van der Waals surface area contributed by atoms with Crippen LogP contribution in [0.4, 0.5) is 5.69 Å². The number of likely N-dealkylation sites (N-methyl/N-ethyl adjacent to an activating group) is 1. The van der Waals surface area contributed by atoms with Gasteiger partial charge in [0.25, 0.3) is 15.9 Å². The molecule has 3 aromatic carbocycles. The Morgan fingerprint density at radius 1 is 1.12 bits per heavy atom. The van der Waals surface area contributed by atoms with Crippen molar-refractivity contribution in [2.24, 2.45) is 5.92 Å². The summed E-state index contributed by atoms with van der Waals surface area (Å²) in [6.45, 7) is 6.76. The number of nitrogens with zero attached hydrogens (tertiary/aromatic N) is 2. The molecule has 1 aliphatic rings. The van der Waals surface area contributed by atoms with Gasteiger partial charge in [0.2, 0.25) is 0 Å². The summed E-state index contributed by atoms with van der Waals surface area (Å²) in [7, 11) is -1.96. The van der Waals surface area contributed by atoms with Crippen LogP contribution >= 0.6 is 0 Å². The van der Waals surface area contributed by atoms with Crippen molar-refractivity contribution in [3.05, 3.63) is 89.0 Å². The van der Waals surface area contributed by atoms with Crippen LogP contribution in [-0.4, -0.2) is 79.2 Å². The molecule has 0 aromatic heterocycles. The van der Waals surface area contributed by atoms with Crippen molar-refractivity contribution < 1.29 is 33.0 Å². The SMILES string of the molecule is Cc1ccc(S(=O)(=O)Nc2ccc3c(c2)C(=O)N([C@H](C)CO)C[C@@H](C)[C@H](CN(C)Cc2ccc(C(=O)O)cc2)O3)cc1. The molecule has 0 spiro atoms. The standard InChI is InChI=1S/C31H37N3O7S/c1-20-5-12-26(13-6-20)42(39,40)32-25-11-14-28-27(15-25)30(36)34(22(3)19-35)16-21(2)29(41-28)18-33(4)17-23-7-9-24(10-8-23)31(37)38/h5-15,21-22,29,32,35H,16-19H2,1-4H3,(H,37,38)/t21-,22-,29+/m1/s1. The number of amides is 1. The second-order valence-electron chi connectivity index (χ2n) is 11.0. The minimum absolute atomic E-state index is 0.104. The van der Waals surface area contributed by atoms with Crippen molar-refractivity contribution >= 4 is 27.6 Å². The number of sulfonamides is 1. The van der Waals surface area contributed by atoms with E-state index in [1.807, 2.05) is 20.9 Å². The van der Waals surface area contributed by atoms with Crippen LogP contribution in [0.1, 0.15) is 45.7 Å². The number of anilines is 1. The summed E-state index contributed by atoms with van der Waals surface area (Å²) in [5.41, 5.74) is 2.51. The zero-order valence-corrected chi connectivity index (χ0v) is 25.0. The van der Waals surface area contributed by atoms with E-state index >= 15 is 0 Å². The van der Waals surface area contributed by atoms with Crippen molar-refractivity contribution in [3.63, 3.8) is 0 Å². The Kier molecular flexibility index (Phi) is 9.55. The van der Waals surface area contributed by atoms with E-state index in [2.05, 4.69) is 9.62 Å². The minimum Gasteiger partial charge on any atom is -0.488 e. The quantitative estimate of drug-likeness (QED) is 0.322. The van der Waals surface area contributed by atoms with Crippen LogP contribution in [0, 0.1) is 12.8 Å². The van der Waals surface area contributed by atoms with Gasteiger partial charge in [0.05, 0.1) is 28.7 Å². The van der Waals surface area contributed by atoms with E-state index in [9.17, 15) is 23.1 Å². The number of hydrogen-bond donors (Lipinski definition) is 3. The van der Waals surface area contributed by atoms with Crippen LogP contribution in [0.3, 0.4) is 0 Å². The number of aliphatic hydroxyl groups excluding tert-OH is 1. The highest BCUT2D eigenvalue weighted by Gasteiger charge is 2.33. The molecule has 0 saturated carbocycles. The van der Waals surface area contributed by atoms with Gasteiger partial charge in [-0.2, -0.15) is 0 Å². The van der Waals surface area contributed by atoms with Gasteiger partial charge in [-0.05, 0) is 68.9 Å². The number of aliphatic hydroxyl groups is 1. The number of aromatic carboxylic acids is 1. The van der Waals surface area contributed by atoms with Gasteiger partial charge in [-0.1, -0.05) is 36.8 Å². The molecule has 0 bridgehead atoms. The number of aryl methyl sites for hydroxylation is 1. The van der Waals surface area contributed by atoms with Gasteiger partial charge in [0, 0.05) is 31.2 Å². The van der Waals surface area contributed by atoms with Crippen molar-refractivity contribution in [3.8, 4) is 5.75 Å². The summed E-state index contributed by atoms with van der Waals surface area (Å²) in [5.74, 6) is -1.12. The highest BCUT2D eigenvalue weighted by Crippen LogP contribution is 2.31. The van der Waals surface area contributed by atoms with Gasteiger partial charge in [0.1, 0.15) is 11.9 Å². The number of carboxylic acid groups (broad SMARTS) is 1. The maximum atomic E-state index is 13.7. The Labute approximate surface area is 246 Å². The number of carboxylic acids is 1. The van der Waals surface area contributed by atoms with Crippen LogP contribution in [0.2, 0.25) is 0 Å². The Morgan fingerprint density at radius 3 is 2.40 bits per heavy atom. The van der Waals surface area contributed by atoms with Crippen molar-refractivity contribution in [1.82, 2.24) is 9.80 Å². The Balaban J connectivity index is 1.60. The fourth-order valence-electron chi connectivity index (χ4n) is 4.87. The molecule has 1 heterocycles. The van der Waals surface area contributed by atoms with Gasteiger partial charge in [0.15, 0.2) is 0 Å². The summed E-state index contributed by atoms with van der Waals surface area (Å²) in [6, 6.07) is 17.3. The Morgan fingerprint density at radius 2 is 1.79 bits per heavy atom. The van der Waals surface area contributed by atoms with Gasteiger partial charge in [-0.3, -0.25) is 14.4 Å². The average molecular weight is 596 g/mol. The molecule has 10 nitrogen and oxygen atoms in total. The third-order valence-corrected chi connectivity index (χ3v) is 8.79. The van der Waals surface area contributed by atoms with E-state index in [1.165, 1.54) is 18.2 Å². The van der Waals surface area contributed by atoms with E-state index in [4.69, 9.17) is 9.84 Å². The van der Waals surface area contributed by atoms with Crippen LogP contribution in [-0.2, 0) is 16.6 Å². The van der Waals surface area contributed by atoms with Gasteiger partial charge in [-0.15, -0.1) is 0 Å². The number of carbonyl (C=O) groups is 2. The van der Waals surface area contributed by atoms with Crippen molar-refractivity contribution in [2.75, 3.05) is 31.5 Å². The number of nitrogens with one attached hydrogen (secondary N) is 1. The third-order valence-electron chi connectivity index (χ3n) is 7.39. The summed E-state index contributed by atoms with van der Waals surface area (Å²) in [4.78, 5) is 28.6. The highest BCUT2D eigenvalue weighted by atomic mass is 32.2. The minimum atomic E-state index is -3.89. The fourth-order valence-corrected chi connectivity index (χ4v) is 5.92. The second-order valence-corrected chi connectivity index (χ2v) is 12.6. The molecular formula is C31H37N3O7S. The molecule has 224 valence electrons. The average Bonchev–Trinajstić information content (AvgIpc) is 2.95. The lowest BCUT2D eigenvalue weighted by molar-refractivity contribution is 0.0341. The second kappa shape index (κ2) is 12.9. The summed E-state index contributed by atoms with van der Waals surface area (Å²) < 4.78 is 35.0. The lowest BCUT2D eigenvalue weighted by atomic mass is 9.99. The van der Waals surface area contributed by atoms with E-state index in [0.717, 1.165) is 11.1 Å². The van der Waals surface area contributed by atoms with E-state index in [0.29, 0.717) is 25.4 Å². The number of ether oxygens (including phenoxy) is 1. The molecule has 0 aliphatic carbocycles. The van der Waals surface area contributed by atoms with Crippen LogP contribution < -0.4 is 9.46 Å². The maximum Gasteiger partial charge on any atom is 0.335 e. The third kappa shape index (κ3) is 7.28. The zero-order valence-electron chi connectivity index (χ0n) is 24.1.